The number of carbonyl (C=O) groups excluding carboxylic acids is 1. The van der Waals surface area contributed by atoms with E-state index < -0.39 is 4.92 Å². The number of fused-ring (bicyclic) bond motifs is 1. The predicted octanol–water partition coefficient (Wildman–Crippen LogP) is 0.766. The standard InChI is InChI=1S/C12H15N3O4/c16-10-3-1-7-5-14(6-8(7)10)12(17)9-2-4-11(13-9)15(18)19/h2,4,7-8,10,13,16H,1,3,5-6H2. The van der Waals surface area contributed by atoms with E-state index in [9.17, 15) is 20.0 Å². The summed E-state index contributed by atoms with van der Waals surface area (Å²) >= 11 is 0. The maximum absolute atomic E-state index is 12.2. The van der Waals surface area contributed by atoms with Crippen LogP contribution in [0.1, 0.15) is 23.3 Å². The number of aromatic nitrogens is 1. The molecule has 1 saturated carbocycles. The SMILES string of the molecule is O=C(c1ccc([N+](=O)[O-])[nH]1)N1CC2CCC(O)C2C1. The van der Waals surface area contributed by atoms with Crippen LogP contribution >= 0.6 is 0 Å². The molecule has 0 bridgehead atoms. The molecule has 0 spiro atoms. The van der Waals surface area contributed by atoms with Crippen molar-refractivity contribution >= 4 is 11.7 Å². The Morgan fingerprint density at radius 3 is 2.84 bits per heavy atom. The van der Waals surface area contributed by atoms with Gasteiger partial charge >= 0.3 is 5.82 Å². The van der Waals surface area contributed by atoms with Gasteiger partial charge in [-0.1, -0.05) is 0 Å². The van der Waals surface area contributed by atoms with Gasteiger partial charge in [0.25, 0.3) is 5.91 Å². The molecule has 0 radical (unpaired) electrons. The Hall–Kier alpha value is -1.89. The number of H-pyrrole nitrogens is 1. The van der Waals surface area contributed by atoms with Gasteiger partial charge in [0, 0.05) is 25.1 Å². The Balaban J connectivity index is 1.73. The molecule has 3 rings (SSSR count). The van der Waals surface area contributed by atoms with Crippen LogP contribution < -0.4 is 0 Å². The molecule has 1 saturated heterocycles. The van der Waals surface area contributed by atoms with E-state index >= 15 is 0 Å². The minimum Gasteiger partial charge on any atom is -0.393 e. The van der Waals surface area contributed by atoms with Gasteiger partial charge in [0.1, 0.15) is 0 Å². The van der Waals surface area contributed by atoms with Gasteiger partial charge in [-0.05, 0) is 29.7 Å². The third-order valence-corrected chi connectivity index (χ3v) is 4.20. The molecule has 3 unspecified atom stereocenters. The highest BCUT2D eigenvalue weighted by Crippen LogP contribution is 2.38. The number of aliphatic hydroxyl groups excluding tert-OH is 1. The lowest BCUT2D eigenvalue weighted by Gasteiger charge is -2.16. The fourth-order valence-electron chi connectivity index (χ4n) is 3.19. The first-order valence-electron chi connectivity index (χ1n) is 6.37. The van der Waals surface area contributed by atoms with Crippen molar-refractivity contribution in [3.05, 3.63) is 27.9 Å². The molecule has 7 nitrogen and oxygen atoms in total. The van der Waals surface area contributed by atoms with Crippen molar-refractivity contribution in [2.75, 3.05) is 13.1 Å². The zero-order valence-electron chi connectivity index (χ0n) is 10.3. The van der Waals surface area contributed by atoms with Crippen molar-refractivity contribution in [1.82, 2.24) is 9.88 Å². The third-order valence-electron chi connectivity index (χ3n) is 4.20. The monoisotopic (exact) mass is 265 g/mol. The molecule has 3 atom stereocenters. The second-order valence-electron chi connectivity index (χ2n) is 5.29. The Kier molecular flexibility index (Phi) is 2.78. The average molecular weight is 265 g/mol. The highest BCUT2D eigenvalue weighted by molar-refractivity contribution is 5.93. The van der Waals surface area contributed by atoms with Crippen molar-refractivity contribution in [2.24, 2.45) is 11.8 Å². The van der Waals surface area contributed by atoms with Crippen molar-refractivity contribution in [2.45, 2.75) is 18.9 Å². The zero-order chi connectivity index (χ0) is 13.6. The third kappa shape index (κ3) is 1.99. The van der Waals surface area contributed by atoms with Crippen LogP contribution in [0.4, 0.5) is 5.82 Å². The van der Waals surface area contributed by atoms with Gasteiger partial charge in [-0.25, -0.2) is 4.98 Å². The van der Waals surface area contributed by atoms with Crippen LogP contribution in [0, 0.1) is 22.0 Å². The molecule has 19 heavy (non-hydrogen) atoms. The van der Waals surface area contributed by atoms with Gasteiger partial charge in [-0.15, -0.1) is 0 Å². The van der Waals surface area contributed by atoms with Crippen LogP contribution in [0.15, 0.2) is 12.1 Å². The smallest absolute Gasteiger partial charge is 0.321 e. The Morgan fingerprint density at radius 1 is 1.42 bits per heavy atom. The van der Waals surface area contributed by atoms with Gasteiger partial charge in [0.05, 0.1) is 6.10 Å². The fraction of sp³-hybridized carbons (Fsp3) is 0.583. The molecule has 7 heteroatoms. The molecule has 2 fully saturated rings. The van der Waals surface area contributed by atoms with Gasteiger partial charge < -0.3 is 20.1 Å². The lowest BCUT2D eigenvalue weighted by molar-refractivity contribution is -0.389. The summed E-state index contributed by atoms with van der Waals surface area (Å²) in [5.74, 6) is 0.121. The topological polar surface area (TPSA) is 99.5 Å². The van der Waals surface area contributed by atoms with Gasteiger partial charge in [-0.3, -0.25) is 4.79 Å². The Morgan fingerprint density at radius 2 is 2.21 bits per heavy atom. The summed E-state index contributed by atoms with van der Waals surface area (Å²) in [4.78, 5) is 26.4. The summed E-state index contributed by atoms with van der Waals surface area (Å²) in [5, 5.41) is 20.4. The predicted molar refractivity (Wildman–Crippen MR) is 65.6 cm³/mol. The van der Waals surface area contributed by atoms with E-state index in [0.717, 1.165) is 12.8 Å². The first-order valence-corrected chi connectivity index (χ1v) is 6.37. The zero-order valence-corrected chi connectivity index (χ0v) is 10.3. The summed E-state index contributed by atoms with van der Waals surface area (Å²) in [6.07, 6.45) is 1.44. The number of nitrogens with zero attached hydrogens (tertiary/aromatic N) is 2. The number of aromatic amines is 1. The van der Waals surface area contributed by atoms with E-state index in [-0.39, 0.29) is 29.4 Å². The minimum atomic E-state index is -0.556. The molecule has 1 aliphatic carbocycles. The van der Waals surface area contributed by atoms with Crippen LogP contribution in [0.3, 0.4) is 0 Å². The molecule has 2 heterocycles. The van der Waals surface area contributed by atoms with Crippen molar-refractivity contribution in [1.29, 1.82) is 0 Å². The van der Waals surface area contributed by atoms with Crippen LogP contribution in [-0.2, 0) is 0 Å². The number of rotatable bonds is 2. The second kappa shape index (κ2) is 4.34. The largest absolute Gasteiger partial charge is 0.393 e. The number of carbonyl (C=O) groups is 1. The highest BCUT2D eigenvalue weighted by Gasteiger charge is 2.43. The first kappa shape index (κ1) is 12.2. The van der Waals surface area contributed by atoms with Crippen LogP contribution in [-0.4, -0.2) is 45.0 Å². The van der Waals surface area contributed by atoms with Gasteiger partial charge in [-0.2, -0.15) is 0 Å². The van der Waals surface area contributed by atoms with E-state index in [0.29, 0.717) is 19.0 Å². The Bertz CT molecular complexity index is 527. The normalized spacial score (nSPS) is 29.5. The van der Waals surface area contributed by atoms with E-state index in [4.69, 9.17) is 0 Å². The van der Waals surface area contributed by atoms with E-state index in [1.165, 1.54) is 12.1 Å². The Labute approximate surface area is 109 Å². The number of likely N-dealkylation sites (tertiary alicyclic amines) is 1. The fourth-order valence-corrected chi connectivity index (χ4v) is 3.19. The first-order chi connectivity index (χ1) is 9.06. The number of hydrogen-bond acceptors (Lipinski definition) is 4. The summed E-state index contributed by atoms with van der Waals surface area (Å²) in [6, 6.07) is 2.73. The number of hydrogen-bond donors (Lipinski definition) is 2. The van der Waals surface area contributed by atoms with Crippen molar-refractivity contribution in [3.63, 3.8) is 0 Å². The van der Waals surface area contributed by atoms with E-state index in [1.807, 2.05) is 0 Å². The molecule has 102 valence electrons. The number of aliphatic hydroxyl groups is 1. The maximum atomic E-state index is 12.2. The van der Waals surface area contributed by atoms with Crippen LogP contribution in [0.2, 0.25) is 0 Å². The second-order valence-corrected chi connectivity index (χ2v) is 5.29. The van der Waals surface area contributed by atoms with Gasteiger partial charge in [0.15, 0.2) is 5.69 Å². The molecule has 1 aliphatic heterocycles. The van der Waals surface area contributed by atoms with E-state index in [2.05, 4.69) is 4.98 Å². The van der Waals surface area contributed by atoms with Gasteiger partial charge in [0.2, 0.25) is 0 Å². The molecule has 2 N–H and O–H groups in total. The minimum absolute atomic E-state index is 0.161. The molecule has 1 aromatic heterocycles. The summed E-state index contributed by atoms with van der Waals surface area (Å²) in [6.45, 7) is 1.17. The van der Waals surface area contributed by atoms with Crippen molar-refractivity contribution in [3.8, 4) is 0 Å². The summed E-state index contributed by atoms with van der Waals surface area (Å²) in [5.41, 5.74) is 0.237. The maximum Gasteiger partial charge on any atom is 0.321 e. The molecule has 0 aromatic carbocycles. The molecule has 1 aromatic rings. The lowest BCUT2D eigenvalue weighted by Crippen LogP contribution is -2.31. The summed E-state index contributed by atoms with van der Waals surface area (Å²) < 4.78 is 0. The lowest BCUT2D eigenvalue weighted by atomic mass is 10.00. The number of nitro groups is 1. The quantitative estimate of drug-likeness (QED) is 0.609. The summed E-state index contributed by atoms with van der Waals surface area (Å²) in [7, 11) is 0. The highest BCUT2D eigenvalue weighted by atomic mass is 16.6. The van der Waals surface area contributed by atoms with Crippen LogP contribution in [0.5, 0.6) is 0 Å². The number of nitrogens with one attached hydrogen (secondary N) is 1. The molecular formula is C12H15N3O4. The van der Waals surface area contributed by atoms with Crippen LogP contribution in [0.25, 0.3) is 0 Å². The molecule has 2 aliphatic rings. The van der Waals surface area contributed by atoms with Crippen molar-refractivity contribution < 1.29 is 14.8 Å². The number of amides is 1. The molecule has 1 amide bonds. The average Bonchev–Trinajstić information content (AvgIpc) is 3.05. The molecular weight excluding hydrogens is 250 g/mol. The van der Waals surface area contributed by atoms with E-state index in [1.54, 1.807) is 4.90 Å².